The van der Waals surface area contributed by atoms with Crippen molar-refractivity contribution in [2.45, 2.75) is 17.5 Å². The Morgan fingerprint density at radius 1 is 1.31 bits per heavy atom. The largest absolute Gasteiger partial charge is 0.503 e. The lowest BCUT2D eigenvalue weighted by Gasteiger charge is -2.14. The van der Waals surface area contributed by atoms with E-state index >= 15 is 0 Å². The van der Waals surface area contributed by atoms with Gasteiger partial charge in [0, 0.05) is 17.3 Å². The third-order valence-electron chi connectivity index (χ3n) is 3.30. The standard InChI is InChI=1S/C15H12ClF3N2O4S/c1-8-6-11(12(25-2)7-10(8)16)21-13(22)9-4-3-5-20-14(9)26(23,24)15(17,18)19/h3-7H,1-2H3,(H,21,22). The monoisotopic (exact) mass is 408 g/mol. The van der Waals surface area contributed by atoms with Gasteiger partial charge in [-0.3, -0.25) is 4.79 Å². The molecular formula is C15H12ClF3N2O4S. The summed E-state index contributed by atoms with van der Waals surface area (Å²) in [5.41, 5.74) is -5.67. The van der Waals surface area contributed by atoms with Gasteiger partial charge in [0.25, 0.3) is 15.7 Å². The zero-order valence-electron chi connectivity index (χ0n) is 13.4. The molecule has 0 saturated carbocycles. The quantitative estimate of drug-likeness (QED) is 0.835. The van der Waals surface area contributed by atoms with Crippen LogP contribution >= 0.6 is 11.6 Å². The summed E-state index contributed by atoms with van der Waals surface area (Å²) in [6.45, 7) is 1.64. The van der Waals surface area contributed by atoms with E-state index in [1.165, 1.54) is 19.2 Å². The predicted octanol–water partition coefficient (Wildman–Crippen LogP) is 3.60. The summed E-state index contributed by atoms with van der Waals surface area (Å²) >= 11 is 5.95. The number of carbonyl (C=O) groups is 1. The SMILES string of the molecule is COc1cc(Cl)c(C)cc1NC(=O)c1cccnc1S(=O)(=O)C(F)(F)F. The van der Waals surface area contributed by atoms with Crippen molar-refractivity contribution < 1.29 is 31.1 Å². The number of pyridine rings is 1. The topological polar surface area (TPSA) is 85.4 Å². The highest BCUT2D eigenvalue weighted by molar-refractivity contribution is 7.92. The Morgan fingerprint density at radius 3 is 2.54 bits per heavy atom. The fourth-order valence-electron chi connectivity index (χ4n) is 2.01. The minimum atomic E-state index is -5.80. The summed E-state index contributed by atoms with van der Waals surface area (Å²) in [5, 5.41) is 1.28. The van der Waals surface area contributed by atoms with E-state index in [1.54, 1.807) is 6.92 Å². The van der Waals surface area contributed by atoms with Gasteiger partial charge in [-0.1, -0.05) is 11.6 Å². The van der Waals surface area contributed by atoms with Crippen LogP contribution in [0.3, 0.4) is 0 Å². The van der Waals surface area contributed by atoms with Gasteiger partial charge < -0.3 is 10.1 Å². The molecule has 140 valence electrons. The minimum absolute atomic E-state index is 0.110. The third kappa shape index (κ3) is 3.75. The summed E-state index contributed by atoms with van der Waals surface area (Å²) in [4.78, 5) is 15.6. The number of ether oxygens (including phenoxy) is 1. The Hall–Kier alpha value is -2.33. The zero-order valence-corrected chi connectivity index (χ0v) is 15.0. The van der Waals surface area contributed by atoms with Crippen LogP contribution in [0.25, 0.3) is 0 Å². The summed E-state index contributed by atoms with van der Waals surface area (Å²) in [6, 6.07) is 4.92. The van der Waals surface area contributed by atoms with Gasteiger partial charge in [0.2, 0.25) is 0 Å². The number of rotatable bonds is 4. The third-order valence-corrected chi connectivity index (χ3v) is 5.16. The van der Waals surface area contributed by atoms with Crippen LogP contribution in [0, 0.1) is 6.92 Å². The number of methoxy groups -OCH3 is 1. The smallest absolute Gasteiger partial charge is 0.495 e. The van der Waals surface area contributed by atoms with Crippen molar-refractivity contribution in [3.8, 4) is 5.75 Å². The van der Waals surface area contributed by atoms with Crippen LogP contribution in [0.5, 0.6) is 5.75 Å². The molecule has 2 aromatic rings. The van der Waals surface area contributed by atoms with Gasteiger partial charge in [-0.2, -0.15) is 13.2 Å². The van der Waals surface area contributed by atoms with Crippen LogP contribution < -0.4 is 10.1 Å². The molecular weight excluding hydrogens is 397 g/mol. The molecule has 26 heavy (non-hydrogen) atoms. The molecule has 0 fully saturated rings. The number of hydrogen-bond acceptors (Lipinski definition) is 5. The van der Waals surface area contributed by atoms with E-state index in [0.717, 1.165) is 18.3 Å². The molecule has 1 aromatic carbocycles. The summed E-state index contributed by atoms with van der Waals surface area (Å²) in [5.74, 6) is -0.945. The van der Waals surface area contributed by atoms with Crippen molar-refractivity contribution in [3.05, 3.63) is 46.6 Å². The Kier molecular flexibility index (Phi) is 5.47. The lowest BCUT2D eigenvalue weighted by molar-refractivity contribution is -0.0438. The van der Waals surface area contributed by atoms with E-state index in [-0.39, 0.29) is 11.4 Å². The number of amides is 1. The average molecular weight is 409 g/mol. The second-order valence-electron chi connectivity index (χ2n) is 5.06. The van der Waals surface area contributed by atoms with E-state index in [4.69, 9.17) is 16.3 Å². The molecule has 1 amide bonds. The predicted molar refractivity (Wildman–Crippen MR) is 88.2 cm³/mol. The fraction of sp³-hybridized carbons (Fsp3) is 0.200. The molecule has 0 aliphatic carbocycles. The Bertz CT molecular complexity index is 962. The highest BCUT2D eigenvalue weighted by Crippen LogP contribution is 2.33. The van der Waals surface area contributed by atoms with Crippen LogP contribution in [-0.2, 0) is 9.84 Å². The number of anilines is 1. The van der Waals surface area contributed by atoms with E-state index in [1.807, 2.05) is 0 Å². The fourth-order valence-corrected chi connectivity index (χ4v) is 3.03. The number of nitrogens with one attached hydrogen (secondary N) is 1. The number of aromatic nitrogens is 1. The van der Waals surface area contributed by atoms with Gasteiger partial charge in [-0.05, 0) is 30.7 Å². The van der Waals surface area contributed by atoms with E-state index in [2.05, 4.69) is 10.3 Å². The van der Waals surface area contributed by atoms with Crippen LogP contribution in [0.4, 0.5) is 18.9 Å². The van der Waals surface area contributed by atoms with Crippen LogP contribution in [0.1, 0.15) is 15.9 Å². The van der Waals surface area contributed by atoms with Gasteiger partial charge in [0.1, 0.15) is 5.75 Å². The number of sulfone groups is 1. The van der Waals surface area contributed by atoms with Gasteiger partial charge >= 0.3 is 5.51 Å². The lowest BCUT2D eigenvalue weighted by atomic mass is 10.2. The molecule has 0 unspecified atom stereocenters. The van der Waals surface area contributed by atoms with Gasteiger partial charge in [-0.15, -0.1) is 0 Å². The first-order chi connectivity index (χ1) is 12.0. The summed E-state index contributed by atoms with van der Waals surface area (Å²) < 4.78 is 66.8. The number of alkyl halides is 3. The van der Waals surface area contributed by atoms with Crippen molar-refractivity contribution in [1.29, 1.82) is 0 Å². The van der Waals surface area contributed by atoms with E-state index in [0.29, 0.717) is 10.6 Å². The first-order valence-electron chi connectivity index (χ1n) is 6.91. The molecule has 0 aliphatic rings. The van der Waals surface area contributed by atoms with Crippen molar-refractivity contribution in [1.82, 2.24) is 4.98 Å². The Balaban J connectivity index is 2.49. The van der Waals surface area contributed by atoms with E-state index < -0.39 is 31.8 Å². The highest BCUT2D eigenvalue weighted by atomic mass is 35.5. The van der Waals surface area contributed by atoms with Crippen molar-refractivity contribution in [3.63, 3.8) is 0 Å². The van der Waals surface area contributed by atoms with Crippen LogP contribution in [0.15, 0.2) is 35.5 Å². The molecule has 11 heteroatoms. The maximum Gasteiger partial charge on any atom is 0.503 e. The lowest BCUT2D eigenvalue weighted by Crippen LogP contribution is -2.27. The molecule has 0 radical (unpaired) electrons. The first kappa shape index (κ1) is 20.0. The van der Waals surface area contributed by atoms with Crippen molar-refractivity contribution in [2.24, 2.45) is 0 Å². The maximum atomic E-state index is 12.8. The van der Waals surface area contributed by atoms with E-state index in [9.17, 15) is 26.4 Å². The number of nitrogens with zero attached hydrogens (tertiary/aromatic N) is 1. The highest BCUT2D eigenvalue weighted by Gasteiger charge is 2.49. The van der Waals surface area contributed by atoms with Crippen molar-refractivity contribution >= 4 is 33.0 Å². The summed E-state index contributed by atoms with van der Waals surface area (Å²) in [7, 11) is -4.49. The molecule has 6 nitrogen and oxygen atoms in total. The second kappa shape index (κ2) is 7.12. The Labute approximate surface area is 151 Å². The molecule has 0 bridgehead atoms. The molecule has 0 spiro atoms. The normalized spacial score (nSPS) is 11.9. The summed E-state index contributed by atoms with van der Waals surface area (Å²) in [6.07, 6.45) is 0.850. The number of aryl methyl sites for hydroxylation is 1. The van der Waals surface area contributed by atoms with Gasteiger partial charge in [-0.25, -0.2) is 13.4 Å². The molecule has 0 saturated heterocycles. The molecule has 1 aromatic heterocycles. The van der Waals surface area contributed by atoms with Gasteiger partial charge in [0.15, 0.2) is 5.03 Å². The molecule has 2 rings (SSSR count). The average Bonchev–Trinajstić information content (AvgIpc) is 2.56. The molecule has 1 heterocycles. The van der Waals surface area contributed by atoms with Crippen LogP contribution in [0.2, 0.25) is 5.02 Å². The number of benzene rings is 1. The zero-order chi connectivity index (χ0) is 19.7. The number of carbonyl (C=O) groups excluding carboxylic acids is 1. The Morgan fingerprint density at radius 2 is 1.96 bits per heavy atom. The minimum Gasteiger partial charge on any atom is -0.495 e. The van der Waals surface area contributed by atoms with Crippen LogP contribution in [-0.4, -0.2) is 31.9 Å². The first-order valence-corrected chi connectivity index (χ1v) is 8.77. The molecule has 0 atom stereocenters. The molecule has 1 N–H and O–H groups in total. The van der Waals surface area contributed by atoms with Gasteiger partial charge in [0.05, 0.1) is 18.4 Å². The number of halogens is 4. The maximum absolute atomic E-state index is 12.8. The molecule has 0 aliphatic heterocycles. The second-order valence-corrected chi connectivity index (χ2v) is 7.32. The van der Waals surface area contributed by atoms with Crippen molar-refractivity contribution in [2.75, 3.05) is 12.4 Å². The number of hydrogen-bond donors (Lipinski definition) is 1.